The highest BCUT2D eigenvalue weighted by atomic mass is 32.2. The fourth-order valence-electron chi connectivity index (χ4n) is 1.30. The number of amides is 2. The quantitative estimate of drug-likeness (QED) is 0.558. The minimum atomic E-state index is -3.27. The number of hydrogen-bond acceptors (Lipinski definition) is 5. The zero-order valence-corrected chi connectivity index (χ0v) is 12.8. The topological polar surface area (TPSA) is 113 Å². The van der Waals surface area contributed by atoms with Crippen LogP contribution in [0.2, 0.25) is 0 Å². The highest BCUT2D eigenvalue weighted by Gasteiger charge is 2.23. The van der Waals surface area contributed by atoms with Gasteiger partial charge in [0.1, 0.15) is 15.9 Å². The normalized spacial score (nSPS) is 12.8. The standard InChI is InChI=1S/C11H22N2O6S/c1-4-19-7-6-13(2)11(16)12-9(10(14)15)5-8-20(3,17)18/h9H,4-8H2,1-3H3,(H,12,16)(H,14,15). The number of carboxylic acids is 1. The number of carboxylic acid groups (broad SMARTS) is 1. The van der Waals surface area contributed by atoms with Crippen LogP contribution < -0.4 is 5.32 Å². The first kappa shape index (κ1) is 18.7. The zero-order valence-electron chi connectivity index (χ0n) is 12.0. The molecule has 2 amide bonds. The van der Waals surface area contributed by atoms with E-state index in [1.165, 1.54) is 11.9 Å². The molecule has 20 heavy (non-hydrogen) atoms. The van der Waals surface area contributed by atoms with E-state index in [0.717, 1.165) is 6.26 Å². The van der Waals surface area contributed by atoms with Crippen LogP contribution in [-0.2, 0) is 19.4 Å². The summed E-state index contributed by atoms with van der Waals surface area (Å²) in [7, 11) is -1.77. The molecule has 0 aromatic carbocycles. The average molecular weight is 310 g/mol. The molecular formula is C11H22N2O6S. The summed E-state index contributed by atoms with van der Waals surface area (Å²) >= 11 is 0. The highest BCUT2D eigenvalue weighted by molar-refractivity contribution is 7.90. The molecule has 8 nitrogen and oxygen atoms in total. The summed E-state index contributed by atoms with van der Waals surface area (Å²) in [5, 5.41) is 11.2. The third-order valence-electron chi connectivity index (χ3n) is 2.49. The molecule has 0 fully saturated rings. The molecule has 0 saturated heterocycles. The number of carbonyl (C=O) groups excluding carboxylic acids is 1. The lowest BCUT2D eigenvalue weighted by atomic mass is 10.2. The fourth-order valence-corrected chi connectivity index (χ4v) is 1.96. The molecule has 1 unspecified atom stereocenters. The third-order valence-corrected chi connectivity index (χ3v) is 3.47. The van der Waals surface area contributed by atoms with Crippen molar-refractivity contribution in [2.75, 3.05) is 38.8 Å². The largest absolute Gasteiger partial charge is 0.480 e. The third kappa shape index (κ3) is 8.70. The number of carbonyl (C=O) groups is 2. The first-order valence-corrected chi connectivity index (χ1v) is 8.23. The fraction of sp³-hybridized carbons (Fsp3) is 0.818. The summed E-state index contributed by atoms with van der Waals surface area (Å²) < 4.78 is 27.1. The molecule has 118 valence electrons. The minimum Gasteiger partial charge on any atom is -0.480 e. The van der Waals surface area contributed by atoms with Crippen LogP contribution >= 0.6 is 0 Å². The van der Waals surface area contributed by atoms with Gasteiger partial charge in [0.05, 0.1) is 12.4 Å². The molecule has 2 N–H and O–H groups in total. The molecule has 0 heterocycles. The van der Waals surface area contributed by atoms with Gasteiger partial charge >= 0.3 is 12.0 Å². The van der Waals surface area contributed by atoms with E-state index in [0.29, 0.717) is 19.8 Å². The molecule has 0 aromatic heterocycles. The van der Waals surface area contributed by atoms with Gasteiger partial charge in [0, 0.05) is 26.5 Å². The molecular weight excluding hydrogens is 288 g/mol. The van der Waals surface area contributed by atoms with E-state index in [1.807, 2.05) is 6.92 Å². The summed E-state index contributed by atoms with van der Waals surface area (Å²) in [6, 6.07) is -1.81. The molecule has 0 aliphatic carbocycles. The van der Waals surface area contributed by atoms with Crippen molar-refractivity contribution in [3.05, 3.63) is 0 Å². The van der Waals surface area contributed by atoms with Gasteiger partial charge in [-0.2, -0.15) is 0 Å². The van der Waals surface area contributed by atoms with Crippen molar-refractivity contribution in [2.45, 2.75) is 19.4 Å². The van der Waals surface area contributed by atoms with Crippen molar-refractivity contribution in [3.63, 3.8) is 0 Å². The van der Waals surface area contributed by atoms with Gasteiger partial charge in [-0.3, -0.25) is 0 Å². The van der Waals surface area contributed by atoms with E-state index in [1.54, 1.807) is 0 Å². The molecule has 0 aliphatic rings. The molecule has 0 radical (unpaired) electrons. The van der Waals surface area contributed by atoms with Crippen molar-refractivity contribution in [2.24, 2.45) is 0 Å². The molecule has 9 heteroatoms. The van der Waals surface area contributed by atoms with E-state index >= 15 is 0 Å². The van der Waals surface area contributed by atoms with Crippen molar-refractivity contribution in [1.82, 2.24) is 10.2 Å². The number of urea groups is 1. The van der Waals surface area contributed by atoms with Crippen molar-refractivity contribution >= 4 is 21.8 Å². The maximum Gasteiger partial charge on any atom is 0.326 e. The van der Waals surface area contributed by atoms with Gasteiger partial charge in [-0.15, -0.1) is 0 Å². The Morgan fingerprint density at radius 2 is 2.00 bits per heavy atom. The van der Waals surface area contributed by atoms with E-state index < -0.39 is 27.9 Å². The lowest BCUT2D eigenvalue weighted by molar-refractivity contribution is -0.139. The van der Waals surface area contributed by atoms with Crippen LogP contribution in [0, 0.1) is 0 Å². The number of aliphatic carboxylic acids is 1. The van der Waals surface area contributed by atoms with E-state index in [-0.39, 0.29) is 12.2 Å². The molecule has 0 aliphatic heterocycles. The molecule has 0 aromatic rings. The van der Waals surface area contributed by atoms with Gasteiger partial charge in [0.25, 0.3) is 0 Å². The summed E-state index contributed by atoms with van der Waals surface area (Å²) in [6.07, 6.45) is 0.848. The van der Waals surface area contributed by atoms with Crippen LogP contribution in [0.5, 0.6) is 0 Å². The van der Waals surface area contributed by atoms with E-state index in [9.17, 15) is 18.0 Å². The summed E-state index contributed by atoms with van der Waals surface area (Å²) in [6.45, 7) is 3.02. The summed E-state index contributed by atoms with van der Waals surface area (Å²) in [5.74, 6) is -1.56. The van der Waals surface area contributed by atoms with E-state index in [4.69, 9.17) is 9.84 Å². The average Bonchev–Trinajstić information content (AvgIpc) is 2.32. The number of hydrogen-bond donors (Lipinski definition) is 2. The number of rotatable bonds is 9. The van der Waals surface area contributed by atoms with Gasteiger partial charge in [-0.05, 0) is 13.3 Å². The van der Waals surface area contributed by atoms with Crippen LogP contribution in [0.3, 0.4) is 0 Å². The van der Waals surface area contributed by atoms with Gasteiger partial charge < -0.3 is 20.1 Å². The van der Waals surface area contributed by atoms with Gasteiger partial charge in [0.2, 0.25) is 0 Å². The molecule has 0 rings (SSSR count). The SMILES string of the molecule is CCOCCN(C)C(=O)NC(CCS(C)(=O)=O)C(=O)O. The number of sulfone groups is 1. The first-order valence-electron chi connectivity index (χ1n) is 6.17. The predicted octanol–water partition coefficient (Wildman–Crippen LogP) is -0.448. The Balaban J connectivity index is 4.36. The second-order valence-corrected chi connectivity index (χ2v) is 6.64. The number of likely N-dealkylation sites (N-methyl/N-ethyl adjacent to an activating group) is 1. The van der Waals surface area contributed by atoms with Crippen LogP contribution in [-0.4, -0.2) is 75.3 Å². The van der Waals surface area contributed by atoms with Crippen LogP contribution in [0.1, 0.15) is 13.3 Å². The van der Waals surface area contributed by atoms with Crippen molar-refractivity contribution in [3.8, 4) is 0 Å². The Labute approximate surface area is 119 Å². The van der Waals surface area contributed by atoms with Gasteiger partial charge in [-0.25, -0.2) is 18.0 Å². The Morgan fingerprint density at radius 1 is 1.40 bits per heavy atom. The van der Waals surface area contributed by atoms with Crippen LogP contribution in [0.15, 0.2) is 0 Å². The zero-order chi connectivity index (χ0) is 15.8. The van der Waals surface area contributed by atoms with Crippen LogP contribution in [0.25, 0.3) is 0 Å². The monoisotopic (exact) mass is 310 g/mol. The smallest absolute Gasteiger partial charge is 0.326 e. The minimum absolute atomic E-state index is 0.167. The Hall–Kier alpha value is -1.35. The predicted molar refractivity (Wildman–Crippen MR) is 73.4 cm³/mol. The number of nitrogens with one attached hydrogen (secondary N) is 1. The second kappa shape index (κ2) is 8.75. The van der Waals surface area contributed by atoms with Gasteiger partial charge in [-0.1, -0.05) is 0 Å². The number of nitrogens with zero attached hydrogens (tertiary/aromatic N) is 1. The summed E-state index contributed by atoms with van der Waals surface area (Å²) in [4.78, 5) is 24.0. The molecule has 0 saturated carbocycles. The Bertz CT molecular complexity index is 423. The Kier molecular flexibility index (Phi) is 8.16. The lowest BCUT2D eigenvalue weighted by Crippen LogP contribution is -2.48. The van der Waals surface area contributed by atoms with Crippen LogP contribution in [0.4, 0.5) is 4.79 Å². The van der Waals surface area contributed by atoms with Gasteiger partial charge in [0.15, 0.2) is 0 Å². The van der Waals surface area contributed by atoms with Crippen molar-refractivity contribution < 1.29 is 27.9 Å². The van der Waals surface area contributed by atoms with Crippen molar-refractivity contribution in [1.29, 1.82) is 0 Å². The maximum absolute atomic E-state index is 11.7. The number of ether oxygens (including phenoxy) is 1. The lowest BCUT2D eigenvalue weighted by Gasteiger charge is -2.21. The molecule has 0 bridgehead atoms. The van der Waals surface area contributed by atoms with E-state index in [2.05, 4.69) is 5.32 Å². The Morgan fingerprint density at radius 3 is 2.45 bits per heavy atom. The maximum atomic E-state index is 11.7. The summed E-state index contributed by atoms with van der Waals surface area (Å²) in [5.41, 5.74) is 0. The molecule has 0 spiro atoms. The second-order valence-electron chi connectivity index (χ2n) is 4.38. The molecule has 1 atom stereocenters. The first-order chi connectivity index (χ1) is 9.17. The highest BCUT2D eigenvalue weighted by Crippen LogP contribution is 1.98.